The van der Waals surface area contributed by atoms with Crippen LogP contribution in [-0.4, -0.2) is 62.9 Å². The molecule has 3 rings (SSSR count). The number of likely N-dealkylation sites (tertiary alicyclic amines) is 2. The zero-order valence-corrected chi connectivity index (χ0v) is 14.8. The summed E-state index contributed by atoms with van der Waals surface area (Å²) in [6.07, 6.45) is 4.64. The number of carboxylic acids is 1. The van der Waals surface area contributed by atoms with Crippen molar-refractivity contribution < 1.29 is 19.5 Å². The number of carbonyl (C=O) groups excluding carboxylic acids is 2. The van der Waals surface area contributed by atoms with Crippen LogP contribution in [-0.2, 0) is 16.6 Å². The number of aliphatic carboxylic acids is 1. The Morgan fingerprint density at radius 3 is 2.48 bits per heavy atom. The molecule has 136 valence electrons. The van der Waals surface area contributed by atoms with E-state index >= 15 is 0 Å². The lowest BCUT2D eigenvalue weighted by atomic mass is 9.72. The minimum atomic E-state index is -0.971. The molecule has 2 aliphatic heterocycles. The van der Waals surface area contributed by atoms with Gasteiger partial charge >= 0.3 is 5.97 Å². The highest BCUT2D eigenvalue weighted by Crippen LogP contribution is 2.41. The van der Waals surface area contributed by atoms with E-state index in [2.05, 4.69) is 0 Å². The molecule has 7 nitrogen and oxygen atoms in total. The van der Waals surface area contributed by atoms with Gasteiger partial charge in [-0.15, -0.1) is 0 Å². The van der Waals surface area contributed by atoms with Crippen LogP contribution in [0.4, 0.5) is 0 Å². The standard InChI is InChI=1S/C18H25N3O4/c1-13(17(24)25)21-12-18(6-5-15(21)22)7-10-20(11-8-18)16(23)14-4-3-9-19(14)2/h3-4,9,13H,5-8,10-12H2,1-2H3,(H,24,25)/t13-/m1/s1. The molecule has 2 saturated heterocycles. The van der Waals surface area contributed by atoms with Crippen LogP contribution < -0.4 is 0 Å². The maximum Gasteiger partial charge on any atom is 0.326 e. The monoisotopic (exact) mass is 347 g/mol. The minimum absolute atomic E-state index is 0.0324. The van der Waals surface area contributed by atoms with E-state index < -0.39 is 12.0 Å². The van der Waals surface area contributed by atoms with Gasteiger partial charge in [-0.2, -0.15) is 0 Å². The van der Waals surface area contributed by atoms with Crippen molar-refractivity contribution in [3.8, 4) is 0 Å². The predicted molar refractivity (Wildman–Crippen MR) is 91.0 cm³/mol. The maximum atomic E-state index is 12.6. The summed E-state index contributed by atoms with van der Waals surface area (Å²) in [5, 5.41) is 9.24. The molecular formula is C18H25N3O4. The van der Waals surface area contributed by atoms with Crippen LogP contribution in [0.2, 0.25) is 0 Å². The second kappa shape index (κ2) is 6.54. The number of amides is 2. The summed E-state index contributed by atoms with van der Waals surface area (Å²) in [4.78, 5) is 39.4. The first-order valence-electron chi connectivity index (χ1n) is 8.76. The van der Waals surface area contributed by atoms with Gasteiger partial charge in [0, 0.05) is 39.3 Å². The number of carboxylic acid groups (broad SMARTS) is 1. The van der Waals surface area contributed by atoms with Crippen LogP contribution in [0.15, 0.2) is 18.3 Å². The van der Waals surface area contributed by atoms with Gasteiger partial charge in [0.1, 0.15) is 11.7 Å². The SMILES string of the molecule is C[C@H](C(=O)O)N1CC2(CCC1=O)CCN(C(=O)c1cccn1C)CC2. The van der Waals surface area contributed by atoms with Gasteiger partial charge in [0.05, 0.1) is 0 Å². The Balaban J connectivity index is 1.66. The van der Waals surface area contributed by atoms with Crippen molar-refractivity contribution in [2.24, 2.45) is 12.5 Å². The summed E-state index contributed by atoms with van der Waals surface area (Å²) in [7, 11) is 1.86. The minimum Gasteiger partial charge on any atom is -0.480 e. The largest absolute Gasteiger partial charge is 0.480 e. The highest BCUT2D eigenvalue weighted by Gasteiger charge is 2.44. The average Bonchev–Trinajstić information content (AvgIpc) is 3.02. The molecule has 7 heteroatoms. The lowest BCUT2D eigenvalue weighted by molar-refractivity contribution is -0.154. The fourth-order valence-electron chi connectivity index (χ4n) is 3.97. The van der Waals surface area contributed by atoms with Crippen LogP contribution in [0.25, 0.3) is 0 Å². The van der Waals surface area contributed by atoms with Crippen molar-refractivity contribution in [3.63, 3.8) is 0 Å². The van der Waals surface area contributed by atoms with Crippen LogP contribution in [0, 0.1) is 5.41 Å². The van der Waals surface area contributed by atoms with Crippen LogP contribution >= 0.6 is 0 Å². The van der Waals surface area contributed by atoms with Gasteiger partial charge in [0.2, 0.25) is 5.91 Å². The zero-order valence-electron chi connectivity index (χ0n) is 14.8. The van der Waals surface area contributed by atoms with E-state index in [0.717, 1.165) is 19.3 Å². The van der Waals surface area contributed by atoms with E-state index in [1.807, 2.05) is 34.8 Å². The Labute approximate surface area is 147 Å². The molecule has 1 aromatic heterocycles. The summed E-state index contributed by atoms with van der Waals surface area (Å²) in [6.45, 7) is 3.33. The Kier molecular flexibility index (Phi) is 4.58. The Morgan fingerprint density at radius 2 is 1.92 bits per heavy atom. The molecule has 1 aromatic rings. The number of nitrogens with zero attached hydrogens (tertiary/aromatic N) is 3. The molecular weight excluding hydrogens is 322 g/mol. The van der Waals surface area contributed by atoms with Crippen molar-refractivity contribution >= 4 is 17.8 Å². The predicted octanol–water partition coefficient (Wildman–Crippen LogP) is 1.34. The molecule has 1 spiro atoms. The number of piperidine rings is 2. The second-order valence-corrected chi connectivity index (χ2v) is 7.33. The molecule has 25 heavy (non-hydrogen) atoms. The van der Waals surface area contributed by atoms with E-state index in [9.17, 15) is 19.5 Å². The summed E-state index contributed by atoms with van der Waals surface area (Å²) in [6, 6.07) is 2.88. The van der Waals surface area contributed by atoms with E-state index in [-0.39, 0.29) is 17.2 Å². The van der Waals surface area contributed by atoms with Gasteiger partial charge in [0.25, 0.3) is 5.91 Å². The number of carbonyl (C=O) groups is 3. The molecule has 0 bridgehead atoms. The van der Waals surface area contributed by atoms with Gasteiger partial charge in [-0.3, -0.25) is 9.59 Å². The van der Waals surface area contributed by atoms with Crippen molar-refractivity contribution in [1.82, 2.24) is 14.4 Å². The van der Waals surface area contributed by atoms with E-state index in [1.54, 1.807) is 6.92 Å². The number of rotatable bonds is 3. The first kappa shape index (κ1) is 17.5. The van der Waals surface area contributed by atoms with Crippen molar-refractivity contribution in [1.29, 1.82) is 0 Å². The molecule has 2 aliphatic rings. The summed E-state index contributed by atoms with van der Waals surface area (Å²) in [5.74, 6) is -1.02. The van der Waals surface area contributed by atoms with Crippen molar-refractivity contribution in [2.45, 2.75) is 38.6 Å². The molecule has 3 heterocycles. The normalized spacial score (nSPS) is 21.4. The van der Waals surface area contributed by atoms with Crippen molar-refractivity contribution in [3.05, 3.63) is 24.0 Å². The third-order valence-electron chi connectivity index (χ3n) is 5.79. The van der Waals surface area contributed by atoms with Gasteiger partial charge < -0.3 is 19.5 Å². The third-order valence-corrected chi connectivity index (χ3v) is 5.79. The maximum absolute atomic E-state index is 12.6. The third kappa shape index (κ3) is 3.27. The zero-order chi connectivity index (χ0) is 18.2. The summed E-state index contributed by atoms with van der Waals surface area (Å²) >= 11 is 0. The second-order valence-electron chi connectivity index (χ2n) is 7.33. The lowest BCUT2D eigenvalue weighted by Crippen LogP contribution is -2.56. The molecule has 2 amide bonds. The highest BCUT2D eigenvalue weighted by atomic mass is 16.4. The van der Waals surface area contributed by atoms with Gasteiger partial charge in [-0.1, -0.05) is 0 Å². The van der Waals surface area contributed by atoms with E-state index in [0.29, 0.717) is 31.7 Å². The first-order valence-corrected chi connectivity index (χ1v) is 8.76. The molecule has 1 N–H and O–H groups in total. The smallest absolute Gasteiger partial charge is 0.326 e. The van der Waals surface area contributed by atoms with Gasteiger partial charge in [0.15, 0.2) is 0 Å². The molecule has 0 radical (unpaired) electrons. The first-order chi connectivity index (χ1) is 11.8. The Morgan fingerprint density at radius 1 is 1.24 bits per heavy atom. The van der Waals surface area contributed by atoms with Crippen LogP contribution in [0.5, 0.6) is 0 Å². The topological polar surface area (TPSA) is 82.8 Å². The number of hydrogen-bond donors (Lipinski definition) is 1. The van der Waals surface area contributed by atoms with Crippen molar-refractivity contribution in [2.75, 3.05) is 19.6 Å². The number of aryl methyl sites for hydroxylation is 1. The van der Waals surface area contributed by atoms with Crippen LogP contribution in [0.3, 0.4) is 0 Å². The fraction of sp³-hybridized carbons (Fsp3) is 0.611. The highest BCUT2D eigenvalue weighted by molar-refractivity contribution is 5.92. The number of aromatic nitrogens is 1. The van der Waals surface area contributed by atoms with Gasteiger partial charge in [-0.05, 0) is 43.7 Å². The molecule has 0 aromatic carbocycles. The molecule has 2 fully saturated rings. The lowest BCUT2D eigenvalue weighted by Gasteiger charge is -2.48. The quantitative estimate of drug-likeness (QED) is 0.894. The average molecular weight is 347 g/mol. The van der Waals surface area contributed by atoms with E-state index in [1.165, 1.54) is 4.90 Å². The Bertz CT molecular complexity index is 688. The summed E-state index contributed by atoms with van der Waals surface area (Å²) in [5.41, 5.74) is 0.610. The molecule has 0 aliphatic carbocycles. The number of hydrogen-bond acceptors (Lipinski definition) is 3. The fourth-order valence-corrected chi connectivity index (χ4v) is 3.97. The van der Waals surface area contributed by atoms with Crippen LogP contribution in [0.1, 0.15) is 43.1 Å². The molecule has 0 saturated carbocycles. The molecule has 0 unspecified atom stereocenters. The molecule has 1 atom stereocenters. The van der Waals surface area contributed by atoms with Gasteiger partial charge in [-0.25, -0.2) is 4.79 Å². The Hall–Kier alpha value is -2.31. The summed E-state index contributed by atoms with van der Waals surface area (Å²) < 4.78 is 1.82. The van der Waals surface area contributed by atoms with E-state index in [4.69, 9.17) is 0 Å².